The van der Waals surface area contributed by atoms with Crippen LogP contribution in [0, 0.1) is 0 Å². The van der Waals surface area contributed by atoms with Gasteiger partial charge >= 0.3 is 29.6 Å². The maximum absolute atomic E-state index is 8.78. The largest absolute Gasteiger partial charge is 1.00 e. The quantitative estimate of drug-likeness (QED) is 0.318. The molecule has 0 saturated heterocycles. The zero-order valence-electron chi connectivity index (χ0n) is 4.64. The van der Waals surface area contributed by atoms with Crippen LogP contribution in [0.2, 0.25) is 0 Å². The van der Waals surface area contributed by atoms with Crippen molar-refractivity contribution in [2.75, 3.05) is 0 Å². The van der Waals surface area contributed by atoms with Gasteiger partial charge in [-0.2, -0.15) is 0 Å². The third-order valence-electron chi connectivity index (χ3n) is 0. The Morgan fingerprint density at radius 3 is 1.83 bits per heavy atom. The van der Waals surface area contributed by atoms with Crippen molar-refractivity contribution in [1.82, 2.24) is 6.15 Å². The topological polar surface area (TPSA) is 72.3 Å². The summed E-state index contributed by atoms with van der Waals surface area (Å²) in [5.74, 6) is -1.33. The number of rotatable bonds is 0. The zero-order valence-corrected chi connectivity index (χ0v) is 5.64. The van der Waals surface area contributed by atoms with Crippen molar-refractivity contribution in [1.29, 1.82) is 0 Å². The molecule has 3 nitrogen and oxygen atoms in total. The average Bonchev–Trinajstić information content (AvgIpc) is 0.811. The standard InChI is InChI=1S/CHBO2.H3N.Na.H/c2-1(3)4;;;/h(H,3,4);1H3;;/q;;+1;-1. The fourth-order valence-electron chi connectivity index (χ4n) is 0. The third-order valence-corrected chi connectivity index (χ3v) is 0. The second-order valence-electron chi connectivity index (χ2n) is 0.338. The van der Waals surface area contributed by atoms with Gasteiger partial charge in [-0.15, -0.1) is 0 Å². The molecule has 4 N–H and O–H groups in total. The van der Waals surface area contributed by atoms with Crippen LogP contribution in [0.1, 0.15) is 1.43 Å². The predicted molar refractivity (Wildman–Crippen MR) is 19.9 cm³/mol. The molecule has 0 amide bonds. The molecule has 2 radical (unpaired) electrons. The van der Waals surface area contributed by atoms with E-state index >= 15 is 0 Å². The molecule has 6 heavy (non-hydrogen) atoms. The number of hydrogen-bond donors (Lipinski definition) is 2. The molecule has 0 aromatic carbocycles. The first-order valence-corrected chi connectivity index (χ1v) is 0.716. The molecule has 0 aromatic rings. The van der Waals surface area contributed by atoms with E-state index in [1.807, 2.05) is 0 Å². The summed E-state index contributed by atoms with van der Waals surface area (Å²) < 4.78 is 0. The predicted octanol–water partition coefficient (Wildman–Crippen LogP) is -2.89. The van der Waals surface area contributed by atoms with E-state index in [-0.39, 0.29) is 37.1 Å². The molecule has 0 saturated carbocycles. The van der Waals surface area contributed by atoms with Gasteiger partial charge in [-0.25, -0.2) is 0 Å². The van der Waals surface area contributed by atoms with Crippen molar-refractivity contribution >= 4 is 13.7 Å². The summed E-state index contributed by atoms with van der Waals surface area (Å²) in [4.78, 5) is 8.78. The number of carboxylic acid groups (broad SMARTS) is 1. The van der Waals surface area contributed by atoms with E-state index < -0.39 is 5.87 Å². The van der Waals surface area contributed by atoms with Gasteiger partial charge in [0.25, 0.3) is 0 Å². The van der Waals surface area contributed by atoms with Gasteiger partial charge in [0.05, 0.1) is 0 Å². The molecular weight excluding hydrogens is 91.8 g/mol. The minimum atomic E-state index is -1.33. The molecule has 0 spiro atoms. The second-order valence-corrected chi connectivity index (χ2v) is 0.338. The van der Waals surface area contributed by atoms with E-state index in [9.17, 15) is 0 Å². The van der Waals surface area contributed by atoms with E-state index in [1.54, 1.807) is 0 Å². The zero-order chi connectivity index (χ0) is 3.58. The third kappa shape index (κ3) is 224. The van der Waals surface area contributed by atoms with Crippen LogP contribution < -0.4 is 35.7 Å². The van der Waals surface area contributed by atoms with Crippen LogP contribution in [0.15, 0.2) is 0 Å². The maximum Gasteiger partial charge on any atom is 1.00 e. The van der Waals surface area contributed by atoms with Gasteiger partial charge in [0.1, 0.15) is 0 Å². The minimum Gasteiger partial charge on any atom is -1.00 e. The summed E-state index contributed by atoms with van der Waals surface area (Å²) in [5.41, 5.74) is 0. The average molecular weight is 96.9 g/mol. The van der Waals surface area contributed by atoms with Crippen LogP contribution in [-0.2, 0) is 0 Å². The molecule has 30 valence electrons. The first-order chi connectivity index (χ1) is 1.73. The first kappa shape index (κ1) is 16.1. The molecule has 0 fully saturated rings. The Hall–Kier alpha value is 0.495. The van der Waals surface area contributed by atoms with Crippen molar-refractivity contribution in [3.63, 3.8) is 0 Å². The summed E-state index contributed by atoms with van der Waals surface area (Å²) in [6.07, 6.45) is 0. The molecule has 0 atom stereocenters. The minimum absolute atomic E-state index is 0. The normalized spacial score (nSPS) is 4.00. The van der Waals surface area contributed by atoms with Crippen LogP contribution in [0.4, 0.5) is 4.79 Å². The molecule has 0 unspecified atom stereocenters. The van der Waals surface area contributed by atoms with Crippen LogP contribution in [0.5, 0.6) is 0 Å². The van der Waals surface area contributed by atoms with Gasteiger partial charge in [-0.05, 0) is 0 Å². The molecule has 0 heterocycles. The van der Waals surface area contributed by atoms with E-state index in [0.717, 1.165) is 0 Å². The van der Waals surface area contributed by atoms with Crippen molar-refractivity contribution in [3.05, 3.63) is 0 Å². The molecule has 0 aliphatic carbocycles. The van der Waals surface area contributed by atoms with Gasteiger partial charge in [0, 0.05) is 0 Å². The summed E-state index contributed by atoms with van der Waals surface area (Å²) in [5, 5.41) is 7.19. The maximum atomic E-state index is 8.78. The Morgan fingerprint density at radius 2 is 1.83 bits per heavy atom. The number of carbonyl (C=O) groups is 1. The fourth-order valence-corrected chi connectivity index (χ4v) is 0. The Balaban J connectivity index is -0.0000000150. The smallest absolute Gasteiger partial charge is 1.00 e. The monoisotopic (exact) mass is 97.0 g/mol. The Labute approximate surface area is 60.9 Å². The van der Waals surface area contributed by atoms with Crippen LogP contribution in [-0.4, -0.2) is 18.8 Å². The number of hydrogen-bond acceptors (Lipinski definition) is 2. The SMILES string of the molecule is N.[B]C(=O)O.[H-].[Na+]. The molecule has 0 bridgehead atoms. The van der Waals surface area contributed by atoms with Gasteiger partial charge in [0.2, 0.25) is 13.7 Å². The van der Waals surface area contributed by atoms with Gasteiger partial charge in [-0.3, -0.25) is 4.79 Å². The van der Waals surface area contributed by atoms with Crippen molar-refractivity contribution < 1.29 is 40.9 Å². The van der Waals surface area contributed by atoms with Crippen LogP contribution >= 0.6 is 0 Å². The van der Waals surface area contributed by atoms with Crippen molar-refractivity contribution in [2.24, 2.45) is 0 Å². The van der Waals surface area contributed by atoms with Crippen LogP contribution in [0.25, 0.3) is 0 Å². The molecular formula is CH5BNNaO2. The summed E-state index contributed by atoms with van der Waals surface area (Å²) in [6, 6.07) is 0. The molecule has 5 heteroatoms. The fraction of sp³-hybridized carbons (Fsp3) is 0. The van der Waals surface area contributed by atoms with E-state index in [1.165, 1.54) is 0 Å². The molecule has 0 aliphatic heterocycles. The summed E-state index contributed by atoms with van der Waals surface area (Å²) >= 11 is 0. The van der Waals surface area contributed by atoms with E-state index in [2.05, 4.69) is 7.85 Å². The van der Waals surface area contributed by atoms with Crippen molar-refractivity contribution in [3.8, 4) is 0 Å². The Morgan fingerprint density at radius 1 is 1.83 bits per heavy atom. The Bertz CT molecular complexity index is 40.7. The Kier molecular flexibility index (Phi) is 24.3. The van der Waals surface area contributed by atoms with Crippen LogP contribution in [0.3, 0.4) is 0 Å². The van der Waals surface area contributed by atoms with Crippen molar-refractivity contribution in [2.45, 2.75) is 0 Å². The molecule has 0 aliphatic rings. The molecule has 0 aromatic heterocycles. The second kappa shape index (κ2) is 9.09. The van der Waals surface area contributed by atoms with E-state index in [4.69, 9.17) is 9.90 Å². The van der Waals surface area contributed by atoms with Gasteiger partial charge in [0.15, 0.2) is 0 Å². The van der Waals surface area contributed by atoms with E-state index in [0.29, 0.717) is 0 Å². The van der Waals surface area contributed by atoms with Gasteiger partial charge in [-0.1, -0.05) is 0 Å². The summed E-state index contributed by atoms with van der Waals surface area (Å²) in [7, 11) is 4.03. The first-order valence-electron chi connectivity index (χ1n) is 0.716. The molecule has 0 rings (SSSR count). The summed E-state index contributed by atoms with van der Waals surface area (Å²) in [6.45, 7) is 0. The van der Waals surface area contributed by atoms with Gasteiger partial charge < -0.3 is 12.7 Å².